The lowest BCUT2D eigenvalue weighted by Gasteiger charge is -2.16. The predicted molar refractivity (Wildman–Crippen MR) is 95.5 cm³/mol. The van der Waals surface area contributed by atoms with Gasteiger partial charge in [-0.2, -0.15) is 0 Å². The van der Waals surface area contributed by atoms with Crippen LogP contribution in [-0.2, 0) is 16.1 Å². The van der Waals surface area contributed by atoms with Gasteiger partial charge in [0, 0.05) is 12.7 Å². The predicted octanol–water partition coefficient (Wildman–Crippen LogP) is 2.62. The fraction of sp³-hybridized carbons (Fsp3) is 0.150. The second kappa shape index (κ2) is 7.83. The van der Waals surface area contributed by atoms with Crippen LogP contribution < -0.4 is 14.8 Å². The molecular formula is C20H16N2O6. The Labute approximate surface area is 160 Å². The summed E-state index contributed by atoms with van der Waals surface area (Å²) in [6.45, 7) is 0.396. The van der Waals surface area contributed by atoms with E-state index in [0.717, 1.165) is 5.56 Å². The molecule has 1 aromatic carbocycles. The molecule has 1 atom stereocenters. The highest BCUT2D eigenvalue weighted by Gasteiger charge is 2.27. The maximum Gasteiger partial charge on any atom is 0.375 e. The first-order valence-corrected chi connectivity index (χ1v) is 8.52. The first kappa shape index (κ1) is 17.6. The number of rotatable bonds is 6. The van der Waals surface area contributed by atoms with E-state index in [4.69, 9.17) is 18.6 Å². The van der Waals surface area contributed by atoms with E-state index in [1.54, 1.807) is 36.4 Å². The van der Waals surface area contributed by atoms with Crippen molar-refractivity contribution in [3.8, 4) is 11.5 Å². The second-order valence-corrected chi connectivity index (χ2v) is 5.92. The van der Waals surface area contributed by atoms with Gasteiger partial charge in [-0.05, 0) is 42.0 Å². The van der Waals surface area contributed by atoms with Crippen LogP contribution in [0, 0.1) is 0 Å². The number of furan rings is 1. The number of pyridine rings is 1. The van der Waals surface area contributed by atoms with Crippen LogP contribution in [-0.4, -0.2) is 23.7 Å². The van der Waals surface area contributed by atoms with E-state index in [1.165, 1.54) is 18.5 Å². The van der Waals surface area contributed by atoms with Crippen LogP contribution >= 0.6 is 0 Å². The van der Waals surface area contributed by atoms with Crippen molar-refractivity contribution >= 4 is 11.9 Å². The van der Waals surface area contributed by atoms with Gasteiger partial charge in [0.05, 0.1) is 12.0 Å². The maximum absolute atomic E-state index is 12.7. The minimum absolute atomic E-state index is 0.00417. The Morgan fingerprint density at radius 2 is 2.00 bits per heavy atom. The highest BCUT2D eigenvalue weighted by atomic mass is 16.7. The Hall–Kier alpha value is -3.81. The molecule has 0 unspecified atom stereocenters. The highest BCUT2D eigenvalue weighted by molar-refractivity contribution is 5.90. The highest BCUT2D eigenvalue weighted by Crippen LogP contribution is 2.32. The third-order valence-corrected chi connectivity index (χ3v) is 4.05. The van der Waals surface area contributed by atoms with Gasteiger partial charge in [-0.25, -0.2) is 4.79 Å². The van der Waals surface area contributed by atoms with Crippen LogP contribution in [0.3, 0.4) is 0 Å². The molecule has 0 fully saturated rings. The summed E-state index contributed by atoms with van der Waals surface area (Å²) in [6.07, 6.45) is 1.66. The number of amides is 1. The number of nitrogens with zero attached hydrogens (tertiary/aromatic N) is 1. The molecule has 142 valence electrons. The van der Waals surface area contributed by atoms with E-state index < -0.39 is 18.0 Å². The van der Waals surface area contributed by atoms with Gasteiger partial charge in [0.1, 0.15) is 0 Å². The van der Waals surface area contributed by atoms with Gasteiger partial charge in [0.15, 0.2) is 11.5 Å². The van der Waals surface area contributed by atoms with Crippen LogP contribution in [0.1, 0.15) is 27.9 Å². The topological polar surface area (TPSA) is 99.9 Å². The molecule has 0 saturated heterocycles. The third-order valence-electron chi connectivity index (χ3n) is 4.05. The van der Waals surface area contributed by atoms with Crippen LogP contribution in [0.4, 0.5) is 0 Å². The Morgan fingerprint density at radius 1 is 1.11 bits per heavy atom. The van der Waals surface area contributed by atoms with E-state index in [0.29, 0.717) is 17.2 Å². The van der Waals surface area contributed by atoms with E-state index in [9.17, 15) is 9.59 Å². The number of hydrogen-bond acceptors (Lipinski definition) is 7. The molecule has 0 bridgehead atoms. The summed E-state index contributed by atoms with van der Waals surface area (Å²) in [5, 5.41) is 2.76. The number of nitrogens with one attached hydrogen (secondary N) is 1. The second-order valence-electron chi connectivity index (χ2n) is 5.92. The molecule has 0 radical (unpaired) electrons. The first-order chi connectivity index (χ1) is 13.7. The van der Waals surface area contributed by atoms with Crippen molar-refractivity contribution in [1.29, 1.82) is 0 Å². The molecule has 8 heteroatoms. The van der Waals surface area contributed by atoms with Crippen molar-refractivity contribution in [3.63, 3.8) is 0 Å². The smallest absolute Gasteiger partial charge is 0.375 e. The Kier molecular flexibility index (Phi) is 4.92. The first-order valence-electron chi connectivity index (χ1n) is 8.52. The zero-order chi connectivity index (χ0) is 19.3. The summed E-state index contributed by atoms with van der Waals surface area (Å²) in [7, 11) is 0. The quantitative estimate of drug-likeness (QED) is 0.656. The van der Waals surface area contributed by atoms with Gasteiger partial charge in [-0.1, -0.05) is 12.1 Å². The number of esters is 1. The molecule has 4 rings (SSSR count). The third kappa shape index (κ3) is 3.80. The summed E-state index contributed by atoms with van der Waals surface area (Å²) in [6, 6.07) is 13.4. The fourth-order valence-electron chi connectivity index (χ4n) is 2.67. The normalized spacial score (nSPS) is 13.0. The number of carbonyl (C=O) groups is 2. The molecular weight excluding hydrogens is 364 g/mol. The molecule has 1 amide bonds. The molecule has 1 aliphatic rings. The minimum Gasteiger partial charge on any atom is -0.457 e. The number of hydrogen-bond donors (Lipinski definition) is 1. The summed E-state index contributed by atoms with van der Waals surface area (Å²) in [4.78, 5) is 29.1. The van der Waals surface area contributed by atoms with Crippen molar-refractivity contribution < 1.29 is 28.2 Å². The SMILES string of the molecule is O=C(O[C@@H](C(=O)NCc1ccc2c(c1)OCO2)c1ccccn1)c1ccco1. The van der Waals surface area contributed by atoms with Crippen LogP contribution in [0.2, 0.25) is 0 Å². The van der Waals surface area contributed by atoms with E-state index >= 15 is 0 Å². The molecule has 1 N–H and O–H groups in total. The average molecular weight is 380 g/mol. The summed E-state index contributed by atoms with van der Waals surface area (Å²) < 4.78 is 21.0. The van der Waals surface area contributed by atoms with Gasteiger partial charge in [-0.3, -0.25) is 9.78 Å². The van der Waals surface area contributed by atoms with Crippen molar-refractivity contribution in [1.82, 2.24) is 10.3 Å². The molecule has 3 aromatic rings. The number of fused-ring (bicyclic) bond motifs is 1. The number of ether oxygens (including phenoxy) is 3. The van der Waals surface area contributed by atoms with Gasteiger partial charge >= 0.3 is 5.97 Å². The number of carbonyl (C=O) groups excluding carboxylic acids is 2. The molecule has 2 aromatic heterocycles. The van der Waals surface area contributed by atoms with Gasteiger partial charge in [0.25, 0.3) is 5.91 Å². The molecule has 3 heterocycles. The Morgan fingerprint density at radius 3 is 2.79 bits per heavy atom. The van der Waals surface area contributed by atoms with Gasteiger partial charge in [0.2, 0.25) is 18.7 Å². The van der Waals surface area contributed by atoms with Crippen molar-refractivity contribution in [3.05, 3.63) is 78.0 Å². The largest absolute Gasteiger partial charge is 0.457 e. The molecule has 1 aliphatic heterocycles. The summed E-state index contributed by atoms with van der Waals surface area (Å²) in [5.74, 6) is 0.0331. The lowest BCUT2D eigenvalue weighted by atomic mass is 10.1. The zero-order valence-electron chi connectivity index (χ0n) is 14.7. The number of benzene rings is 1. The van der Waals surface area contributed by atoms with Gasteiger partial charge < -0.3 is 23.9 Å². The standard InChI is InChI=1S/C20H16N2O6/c23-19(22-11-13-6-7-15-17(10-13)27-12-26-15)18(14-4-1-2-8-21-14)28-20(24)16-5-3-9-25-16/h1-10,18H,11-12H2,(H,22,23)/t18-/m1/s1. The monoisotopic (exact) mass is 380 g/mol. The average Bonchev–Trinajstić information content (AvgIpc) is 3.42. The van der Waals surface area contributed by atoms with Gasteiger partial charge in [-0.15, -0.1) is 0 Å². The lowest BCUT2D eigenvalue weighted by molar-refractivity contribution is -0.130. The van der Waals surface area contributed by atoms with Crippen molar-refractivity contribution in [2.75, 3.05) is 6.79 Å². The molecule has 0 saturated carbocycles. The van der Waals surface area contributed by atoms with Crippen LogP contribution in [0.25, 0.3) is 0 Å². The fourth-order valence-corrected chi connectivity index (χ4v) is 2.67. The van der Waals surface area contributed by atoms with E-state index in [2.05, 4.69) is 10.3 Å². The van der Waals surface area contributed by atoms with Crippen molar-refractivity contribution in [2.45, 2.75) is 12.6 Å². The zero-order valence-corrected chi connectivity index (χ0v) is 14.7. The Balaban J connectivity index is 1.47. The summed E-state index contributed by atoms with van der Waals surface area (Å²) >= 11 is 0. The van der Waals surface area contributed by atoms with Crippen LogP contribution in [0.15, 0.2) is 65.4 Å². The molecule has 8 nitrogen and oxygen atoms in total. The number of aromatic nitrogens is 1. The molecule has 0 spiro atoms. The Bertz CT molecular complexity index is 972. The summed E-state index contributed by atoms with van der Waals surface area (Å²) in [5.41, 5.74) is 1.13. The van der Waals surface area contributed by atoms with E-state index in [-0.39, 0.29) is 19.1 Å². The van der Waals surface area contributed by atoms with E-state index in [1.807, 2.05) is 6.07 Å². The molecule has 0 aliphatic carbocycles. The maximum atomic E-state index is 12.7. The van der Waals surface area contributed by atoms with Crippen LogP contribution in [0.5, 0.6) is 11.5 Å². The van der Waals surface area contributed by atoms with Crippen molar-refractivity contribution in [2.24, 2.45) is 0 Å². The lowest BCUT2D eigenvalue weighted by Crippen LogP contribution is -2.32. The molecule has 28 heavy (non-hydrogen) atoms. The minimum atomic E-state index is -1.21.